The van der Waals surface area contributed by atoms with Crippen LogP contribution in [0.4, 0.5) is 5.69 Å². The summed E-state index contributed by atoms with van der Waals surface area (Å²) < 4.78 is 0. The van der Waals surface area contributed by atoms with Crippen molar-refractivity contribution in [2.45, 2.75) is 26.2 Å². The van der Waals surface area contributed by atoms with E-state index >= 15 is 0 Å². The molecular weight excluding hydrogens is 346 g/mol. The number of rotatable bonds is 3. The summed E-state index contributed by atoms with van der Waals surface area (Å²) in [4.78, 5) is 24.3. The Bertz CT molecular complexity index is 824. The summed E-state index contributed by atoms with van der Waals surface area (Å²) in [5, 5.41) is 8.24. The zero-order valence-corrected chi connectivity index (χ0v) is 16.2. The van der Waals surface area contributed by atoms with Gasteiger partial charge in [0.15, 0.2) is 5.11 Å². The average Bonchev–Trinajstić information content (AvgIpc) is 2.60. The van der Waals surface area contributed by atoms with Gasteiger partial charge in [-0.2, -0.15) is 0 Å². The average molecular weight is 369 g/mol. The number of anilines is 1. The normalized spacial score (nSPS) is 10.8. The summed E-state index contributed by atoms with van der Waals surface area (Å²) in [6, 6.07) is 14.4. The van der Waals surface area contributed by atoms with Gasteiger partial charge in [0.1, 0.15) is 0 Å². The van der Waals surface area contributed by atoms with Crippen LogP contribution in [0.3, 0.4) is 0 Å². The predicted molar refractivity (Wildman–Crippen MR) is 109 cm³/mol. The van der Waals surface area contributed by atoms with Crippen molar-refractivity contribution < 1.29 is 9.59 Å². The van der Waals surface area contributed by atoms with E-state index < -0.39 is 0 Å². The maximum absolute atomic E-state index is 12.4. The van der Waals surface area contributed by atoms with Crippen LogP contribution in [0.5, 0.6) is 0 Å². The van der Waals surface area contributed by atoms with Crippen LogP contribution in [0.15, 0.2) is 48.5 Å². The fourth-order valence-electron chi connectivity index (χ4n) is 2.38. The van der Waals surface area contributed by atoms with Crippen molar-refractivity contribution in [1.29, 1.82) is 0 Å². The molecule has 0 aliphatic rings. The Kier molecular flexibility index (Phi) is 6.10. The standard InChI is InChI=1S/C20H23N3O2S/c1-20(2,3)14-11-9-13(10-12-14)17(24)23-19(26)22-16-8-6-5-7-15(16)18(25)21-4/h5-12H,1-4H3,(H,21,25)(H2,22,23,24,26). The van der Waals surface area contributed by atoms with E-state index in [2.05, 4.69) is 36.7 Å². The molecule has 0 aliphatic carbocycles. The fraction of sp³-hybridized carbons (Fsp3) is 0.250. The topological polar surface area (TPSA) is 70.2 Å². The quantitative estimate of drug-likeness (QED) is 0.725. The second kappa shape index (κ2) is 8.10. The van der Waals surface area contributed by atoms with Crippen LogP contribution in [0.2, 0.25) is 0 Å². The molecule has 0 aromatic heterocycles. The van der Waals surface area contributed by atoms with Crippen LogP contribution in [0, 0.1) is 0 Å². The second-order valence-corrected chi connectivity index (χ2v) is 7.27. The molecule has 0 saturated heterocycles. The molecule has 0 heterocycles. The maximum atomic E-state index is 12.4. The Morgan fingerprint density at radius 3 is 2.12 bits per heavy atom. The highest BCUT2D eigenvalue weighted by atomic mass is 32.1. The molecule has 136 valence electrons. The lowest BCUT2D eigenvalue weighted by atomic mass is 9.87. The summed E-state index contributed by atoms with van der Waals surface area (Å²) in [6.45, 7) is 6.35. The Balaban J connectivity index is 2.06. The first-order chi connectivity index (χ1) is 12.2. The number of hydrogen-bond acceptors (Lipinski definition) is 3. The number of benzene rings is 2. The monoisotopic (exact) mass is 369 g/mol. The molecule has 0 atom stereocenters. The van der Waals surface area contributed by atoms with E-state index in [4.69, 9.17) is 12.2 Å². The summed E-state index contributed by atoms with van der Waals surface area (Å²) in [7, 11) is 1.56. The van der Waals surface area contributed by atoms with Gasteiger partial charge < -0.3 is 10.6 Å². The van der Waals surface area contributed by atoms with Crippen LogP contribution >= 0.6 is 12.2 Å². The molecular formula is C20H23N3O2S. The lowest BCUT2D eigenvalue weighted by Crippen LogP contribution is -2.34. The lowest BCUT2D eigenvalue weighted by Gasteiger charge is -2.19. The molecule has 6 heteroatoms. The summed E-state index contributed by atoms with van der Waals surface area (Å²) in [5.74, 6) is -0.541. The molecule has 2 amide bonds. The zero-order chi connectivity index (χ0) is 19.3. The van der Waals surface area contributed by atoms with Gasteiger partial charge in [-0.15, -0.1) is 0 Å². The van der Waals surface area contributed by atoms with Crippen molar-refractivity contribution >= 4 is 34.8 Å². The Labute approximate surface area is 159 Å². The van der Waals surface area contributed by atoms with E-state index in [9.17, 15) is 9.59 Å². The first kappa shape index (κ1) is 19.6. The molecule has 0 saturated carbocycles. The molecule has 5 nitrogen and oxygen atoms in total. The number of hydrogen-bond donors (Lipinski definition) is 3. The first-order valence-corrected chi connectivity index (χ1v) is 8.67. The number of amides is 2. The molecule has 26 heavy (non-hydrogen) atoms. The highest BCUT2D eigenvalue weighted by Crippen LogP contribution is 2.22. The molecule has 0 radical (unpaired) electrons. The Morgan fingerprint density at radius 2 is 1.54 bits per heavy atom. The molecule has 2 aromatic carbocycles. The number of thiocarbonyl (C=S) groups is 1. The van der Waals surface area contributed by atoms with Gasteiger partial charge in [0.25, 0.3) is 11.8 Å². The van der Waals surface area contributed by atoms with Crippen molar-refractivity contribution in [3.8, 4) is 0 Å². The smallest absolute Gasteiger partial charge is 0.257 e. The van der Waals surface area contributed by atoms with Crippen molar-refractivity contribution in [3.63, 3.8) is 0 Å². The third-order valence-corrected chi connectivity index (χ3v) is 4.09. The van der Waals surface area contributed by atoms with Gasteiger partial charge in [0, 0.05) is 12.6 Å². The SMILES string of the molecule is CNC(=O)c1ccccc1NC(=S)NC(=O)c1ccc(C(C)(C)C)cc1. The summed E-state index contributed by atoms with van der Waals surface area (Å²) in [5.41, 5.74) is 2.66. The van der Waals surface area contributed by atoms with Crippen molar-refractivity contribution in [2.75, 3.05) is 12.4 Å². The van der Waals surface area contributed by atoms with Crippen LogP contribution in [-0.4, -0.2) is 24.0 Å². The lowest BCUT2D eigenvalue weighted by molar-refractivity contribution is 0.0961. The molecule has 3 N–H and O–H groups in total. The summed E-state index contributed by atoms with van der Waals surface area (Å²) >= 11 is 5.20. The third-order valence-electron chi connectivity index (χ3n) is 3.89. The van der Waals surface area contributed by atoms with Gasteiger partial charge in [0.2, 0.25) is 0 Å². The Hall–Kier alpha value is -2.73. The van der Waals surface area contributed by atoms with Crippen molar-refractivity contribution in [2.24, 2.45) is 0 Å². The maximum Gasteiger partial charge on any atom is 0.257 e. The second-order valence-electron chi connectivity index (χ2n) is 6.86. The van der Waals surface area contributed by atoms with Crippen molar-refractivity contribution in [1.82, 2.24) is 10.6 Å². The number of carbonyl (C=O) groups excluding carboxylic acids is 2. The largest absolute Gasteiger partial charge is 0.355 e. The number of para-hydroxylation sites is 1. The highest BCUT2D eigenvalue weighted by Gasteiger charge is 2.15. The first-order valence-electron chi connectivity index (χ1n) is 8.26. The van der Waals surface area contributed by atoms with Crippen LogP contribution < -0.4 is 16.0 Å². The summed E-state index contributed by atoms with van der Waals surface area (Å²) in [6.07, 6.45) is 0. The molecule has 2 aromatic rings. The van der Waals surface area contributed by atoms with Crippen LogP contribution in [-0.2, 0) is 5.41 Å². The van der Waals surface area contributed by atoms with Gasteiger partial charge in [-0.1, -0.05) is 45.0 Å². The van der Waals surface area contributed by atoms with Crippen molar-refractivity contribution in [3.05, 3.63) is 65.2 Å². The molecule has 0 unspecified atom stereocenters. The van der Waals surface area contributed by atoms with E-state index in [0.717, 1.165) is 5.56 Å². The van der Waals surface area contributed by atoms with E-state index in [0.29, 0.717) is 16.8 Å². The van der Waals surface area contributed by atoms with E-state index in [-0.39, 0.29) is 22.3 Å². The van der Waals surface area contributed by atoms with Crippen LogP contribution in [0.25, 0.3) is 0 Å². The zero-order valence-electron chi connectivity index (χ0n) is 15.3. The fourth-order valence-corrected chi connectivity index (χ4v) is 2.58. The number of nitrogens with one attached hydrogen (secondary N) is 3. The minimum Gasteiger partial charge on any atom is -0.355 e. The number of carbonyl (C=O) groups is 2. The van der Waals surface area contributed by atoms with E-state index in [1.54, 1.807) is 43.4 Å². The Morgan fingerprint density at radius 1 is 0.923 bits per heavy atom. The van der Waals surface area contributed by atoms with Gasteiger partial charge in [-0.3, -0.25) is 14.9 Å². The molecule has 2 rings (SSSR count). The minimum atomic E-state index is -0.305. The van der Waals surface area contributed by atoms with Crippen LogP contribution in [0.1, 0.15) is 47.1 Å². The van der Waals surface area contributed by atoms with Gasteiger partial charge in [-0.05, 0) is 47.5 Å². The predicted octanol–water partition coefficient (Wildman–Crippen LogP) is 3.47. The van der Waals surface area contributed by atoms with E-state index in [1.807, 2.05) is 12.1 Å². The highest BCUT2D eigenvalue weighted by molar-refractivity contribution is 7.80. The van der Waals surface area contributed by atoms with Gasteiger partial charge >= 0.3 is 0 Å². The molecule has 0 spiro atoms. The minimum absolute atomic E-state index is 0.0232. The van der Waals surface area contributed by atoms with Gasteiger partial charge in [-0.25, -0.2) is 0 Å². The molecule has 0 aliphatic heterocycles. The van der Waals surface area contributed by atoms with E-state index in [1.165, 1.54) is 0 Å². The van der Waals surface area contributed by atoms with Gasteiger partial charge in [0.05, 0.1) is 11.3 Å². The molecule has 0 bridgehead atoms. The molecule has 0 fully saturated rings. The third kappa shape index (κ3) is 4.89.